The lowest BCUT2D eigenvalue weighted by Gasteiger charge is -2.23. The first-order valence-electron chi connectivity index (χ1n) is 5.96. The molecule has 0 aromatic heterocycles. The number of hydrogen-bond acceptors (Lipinski definition) is 5. The quantitative estimate of drug-likeness (QED) is 0.530. The van der Waals surface area contributed by atoms with Crippen molar-refractivity contribution in [3.8, 4) is 0 Å². The number of nitrogens with one attached hydrogen (secondary N) is 2. The van der Waals surface area contributed by atoms with Gasteiger partial charge in [0.15, 0.2) is 0 Å². The molecule has 6 nitrogen and oxygen atoms in total. The molecule has 1 saturated heterocycles. The van der Waals surface area contributed by atoms with E-state index in [9.17, 15) is 4.79 Å². The smallest absolute Gasteiger partial charge is 0.234 e. The van der Waals surface area contributed by atoms with Gasteiger partial charge in [-0.3, -0.25) is 4.79 Å². The van der Waals surface area contributed by atoms with Crippen molar-refractivity contribution >= 4 is 5.91 Å². The maximum absolute atomic E-state index is 11.6. The van der Waals surface area contributed by atoms with E-state index in [1.165, 1.54) is 0 Å². The van der Waals surface area contributed by atoms with Crippen LogP contribution >= 0.6 is 0 Å². The van der Waals surface area contributed by atoms with Crippen LogP contribution in [0.1, 0.15) is 12.8 Å². The Balaban J connectivity index is 2.14. The summed E-state index contributed by atoms with van der Waals surface area (Å²) in [5.41, 5.74) is 0. The number of amides is 1. The van der Waals surface area contributed by atoms with Gasteiger partial charge in [0.2, 0.25) is 5.91 Å². The molecule has 100 valence electrons. The Kier molecular flexibility index (Phi) is 7.11. The highest BCUT2D eigenvalue weighted by molar-refractivity contribution is 5.78. The summed E-state index contributed by atoms with van der Waals surface area (Å²) in [7, 11) is 1.56. The predicted molar refractivity (Wildman–Crippen MR) is 62.7 cm³/mol. The number of ether oxygens (including phenoxy) is 2. The number of aliphatic hydroxyl groups excluding tert-OH is 1. The number of carbonyl (C=O) groups excluding carboxylic acids is 1. The number of aliphatic hydroxyl groups is 1. The van der Waals surface area contributed by atoms with Crippen molar-refractivity contribution in [1.29, 1.82) is 0 Å². The maximum Gasteiger partial charge on any atom is 0.234 e. The minimum absolute atomic E-state index is 0.0433. The molecule has 0 aliphatic carbocycles. The summed E-state index contributed by atoms with van der Waals surface area (Å²) in [5.74, 6) is -0.0496. The van der Waals surface area contributed by atoms with Gasteiger partial charge in [-0.2, -0.15) is 0 Å². The summed E-state index contributed by atoms with van der Waals surface area (Å²) >= 11 is 0. The molecule has 1 aliphatic rings. The van der Waals surface area contributed by atoms with E-state index in [4.69, 9.17) is 14.6 Å². The highest BCUT2D eigenvalue weighted by atomic mass is 16.5. The fourth-order valence-electron chi connectivity index (χ4n) is 1.74. The van der Waals surface area contributed by atoms with Crippen LogP contribution in [-0.4, -0.2) is 63.2 Å². The van der Waals surface area contributed by atoms with E-state index < -0.39 is 0 Å². The Morgan fingerprint density at radius 1 is 1.53 bits per heavy atom. The van der Waals surface area contributed by atoms with Crippen molar-refractivity contribution in [3.05, 3.63) is 0 Å². The Morgan fingerprint density at radius 2 is 2.24 bits per heavy atom. The van der Waals surface area contributed by atoms with E-state index in [1.807, 2.05) is 0 Å². The number of rotatable bonds is 7. The minimum atomic E-state index is -0.194. The average Bonchev–Trinajstić information content (AvgIpc) is 2.35. The molecular formula is C11H22N2O4. The highest BCUT2D eigenvalue weighted by Gasteiger charge is 2.16. The first kappa shape index (κ1) is 14.4. The molecule has 1 amide bonds. The van der Waals surface area contributed by atoms with Crippen molar-refractivity contribution in [2.45, 2.75) is 24.9 Å². The van der Waals surface area contributed by atoms with Gasteiger partial charge in [-0.25, -0.2) is 0 Å². The van der Waals surface area contributed by atoms with Crippen LogP contribution in [0, 0.1) is 0 Å². The molecule has 1 rings (SSSR count). The normalized spacial score (nSPS) is 18.9. The van der Waals surface area contributed by atoms with E-state index in [0.717, 1.165) is 12.8 Å². The Labute approximate surface area is 102 Å². The fourth-order valence-corrected chi connectivity index (χ4v) is 1.74. The lowest BCUT2D eigenvalue weighted by atomic mass is 10.1. The summed E-state index contributed by atoms with van der Waals surface area (Å²) < 4.78 is 10.1. The van der Waals surface area contributed by atoms with Gasteiger partial charge in [0.25, 0.3) is 0 Å². The molecule has 1 heterocycles. The van der Waals surface area contributed by atoms with Gasteiger partial charge in [0.05, 0.1) is 25.8 Å². The summed E-state index contributed by atoms with van der Waals surface area (Å²) in [4.78, 5) is 11.6. The lowest BCUT2D eigenvalue weighted by molar-refractivity contribution is -0.121. The van der Waals surface area contributed by atoms with Gasteiger partial charge < -0.3 is 25.2 Å². The molecule has 1 atom stereocenters. The first-order chi connectivity index (χ1) is 8.26. The number of hydrogen-bond donors (Lipinski definition) is 3. The van der Waals surface area contributed by atoms with Crippen molar-refractivity contribution in [2.24, 2.45) is 0 Å². The van der Waals surface area contributed by atoms with Crippen LogP contribution in [0.25, 0.3) is 0 Å². The largest absolute Gasteiger partial charge is 0.395 e. The first-order valence-corrected chi connectivity index (χ1v) is 5.96. The summed E-state index contributed by atoms with van der Waals surface area (Å²) in [6, 6.07) is 0.0218. The molecule has 0 aromatic rings. The number of methoxy groups -OCH3 is 1. The molecule has 0 bridgehead atoms. The van der Waals surface area contributed by atoms with E-state index in [0.29, 0.717) is 19.8 Å². The van der Waals surface area contributed by atoms with Gasteiger partial charge in [0.1, 0.15) is 0 Å². The summed E-state index contributed by atoms with van der Waals surface area (Å²) in [5, 5.41) is 14.9. The SMILES string of the molecule is COCC(CO)NCC(=O)NC1CCOCC1. The fraction of sp³-hybridized carbons (Fsp3) is 0.909. The van der Waals surface area contributed by atoms with E-state index in [2.05, 4.69) is 10.6 Å². The van der Waals surface area contributed by atoms with Crippen LogP contribution < -0.4 is 10.6 Å². The molecule has 17 heavy (non-hydrogen) atoms. The molecule has 3 N–H and O–H groups in total. The summed E-state index contributed by atoms with van der Waals surface area (Å²) in [6.07, 6.45) is 1.74. The van der Waals surface area contributed by atoms with Crippen LogP contribution in [0.5, 0.6) is 0 Å². The van der Waals surface area contributed by atoms with Crippen LogP contribution in [0.4, 0.5) is 0 Å². The molecule has 6 heteroatoms. The minimum Gasteiger partial charge on any atom is -0.395 e. The van der Waals surface area contributed by atoms with Crippen molar-refractivity contribution < 1.29 is 19.4 Å². The second-order valence-corrected chi connectivity index (χ2v) is 4.17. The third-order valence-electron chi connectivity index (χ3n) is 2.73. The van der Waals surface area contributed by atoms with Crippen molar-refractivity contribution in [2.75, 3.05) is 40.1 Å². The molecule has 1 fully saturated rings. The topological polar surface area (TPSA) is 79.8 Å². The van der Waals surface area contributed by atoms with Crippen LogP contribution in [0.3, 0.4) is 0 Å². The molecule has 1 aliphatic heterocycles. The third kappa shape index (κ3) is 5.97. The standard InChI is InChI=1S/C11H22N2O4/c1-16-8-10(7-14)12-6-11(15)13-9-2-4-17-5-3-9/h9-10,12,14H,2-8H2,1H3,(H,13,15). The van der Waals surface area contributed by atoms with E-state index in [1.54, 1.807) is 7.11 Å². The Bertz CT molecular complexity index is 220. The third-order valence-corrected chi connectivity index (χ3v) is 2.73. The Morgan fingerprint density at radius 3 is 2.82 bits per heavy atom. The summed E-state index contributed by atoms with van der Waals surface area (Å²) in [6.45, 7) is 1.97. The molecule has 1 unspecified atom stereocenters. The van der Waals surface area contributed by atoms with Crippen LogP contribution in [0.2, 0.25) is 0 Å². The lowest BCUT2D eigenvalue weighted by Crippen LogP contribution is -2.46. The molecule has 0 radical (unpaired) electrons. The van der Waals surface area contributed by atoms with Gasteiger partial charge in [-0.1, -0.05) is 0 Å². The van der Waals surface area contributed by atoms with E-state index in [-0.39, 0.29) is 31.1 Å². The maximum atomic E-state index is 11.6. The van der Waals surface area contributed by atoms with Gasteiger partial charge in [-0.15, -0.1) is 0 Å². The monoisotopic (exact) mass is 246 g/mol. The molecular weight excluding hydrogens is 224 g/mol. The van der Waals surface area contributed by atoms with Crippen LogP contribution in [-0.2, 0) is 14.3 Å². The second-order valence-electron chi connectivity index (χ2n) is 4.17. The van der Waals surface area contributed by atoms with Gasteiger partial charge >= 0.3 is 0 Å². The second kappa shape index (κ2) is 8.41. The number of carbonyl (C=O) groups is 1. The van der Waals surface area contributed by atoms with Gasteiger partial charge in [-0.05, 0) is 12.8 Å². The molecule has 0 spiro atoms. The zero-order chi connectivity index (χ0) is 12.5. The average molecular weight is 246 g/mol. The van der Waals surface area contributed by atoms with Crippen molar-refractivity contribution in [1.82, 2.24) is 10.6 Å². The predicted octanol–water partition coefficient (Wildman–Crippen LogP) is -1.12. The zero-order valence-electron chi connectivity index (χ0n) is 10.3. The van der Waals surface area contributed by atoms with Crippen molar-refractivity contribution in [3.63, 3.8) is 0 Å². The zero-order valence-corrected chi connectivity index (χ0v) is 10.3. The van der Waals surface area contributed by atoms with E-state index >= 15 is 0 Å². The van der Waals surface area contributed by atoms with Crippen LogP contribution in [0.15, 0.2) is 0 Å². The molecule has 0 saturated carbocycles. The molecule has 0 aromatic carbocycles. The Hall–Kier alpha value is -0.690. The van der Waals surface area contributed by atoms with Gasteiger partial charge in [0, 0.05) is 26.4 Å². The highest BCUT2D eigenvalue weighted by Crippen LogP contribution is 2.05.